The first-order valence-electron chi connectivity index (χ1n) is 9.69. The van der Waals surface area contributed by atoms with Crippen LogP contribution in [0.2, 0.25) is 0 Å². The van der Waals surface area contributed by atoms with Crippen molar-refractivity contribution in [3.05, 3.63) is 101 Å². The van der Waals surface area contributed by atoms with Crippen LogP contribution in [0.25, 0.3) is 0 Å². The molecule has 1 aliphatic rings. The van der Waals surface area contributed by atoms with Crippen LogP contribution in [0.15, 0.2) is 101 Å². The van der Waals surface area contributed by atoms with Crippen molar-refractivity contribution in [2.24, 2.45) is 0 Å². The highest BCUT2D eigenvalue weighted by Gasteiger charge is 2.34. The normalized spacial score (nSPS) is 14.7. The predicted molar refractivity (Wildman–Crippen MR) is 131 cm³/mol. The Bertz CT molecular complexity index is 1040. The fourth-order valence-corrected chi connectivity index (χ4v) is 4.19. The van der Waals surface area contributed by atoms with Crippen molar-refractivity contribution in [2.45, 2.75) is 18.4 Å². The quantitative estimate of drug-likeness (QED) is 0.412. The number of anilines is 1. The van der Waals surface area contributed by atoms with Crippen molar-refractivity contribution in [1.82, 2.24) is 9.88 Å². The summed E-state index contributed by atoms with van der Waals surface area (Å²) in [7, 11) is 1.91. The molecule has 4 rings (SSSR count). The van der Waals surface area contributed by atoms with Gasteiger partial charge in [-0.1, -0.05) is 48.5 Å². The van der Waals surface area contributed by atoms with Crippen molar-refractivity contribution in [3.63, 3.8) is 0 Å². The SMILES string of the molecule is C/C(=C1\SC(=N)N(Cc2ccccc2)C1=O)N(C)c1ccccc1S.c1ccncc1. The number of amides is 1. The summed E-state index contributed by atoms with van der Waals surface area (Å²) in [5, 5.41) is 8.46. The van der Waals surface area contributed by atoms with Crippen LogP contribution < -0.4 is 4.90 Å². The third kappa shape index (κ3) is 5.77. The maximum Gasteiger partial charge on any atom is 0.268 e. The van der Waals surface area contributed by atoms with Crippen molar-refractivity contribution in [1.29, 1.82) is 5.41 Å². The van der Waals surface area contributed by atoms with E-state index in [1.807, 2.05) is 91.7 Å². The zero-order valence-corrected chi connectivity index (χ0v) is 19.1. The Morgan fingerprint density at radius 3 is 2.23 bits per heavy atom. The van der Waals surface area contributed by atoms with Crippen LogP contribution in [-0.4, -0.2) is 28.0 Å². The molecule has 2 heterocycles. The number of aromatic nitrogens is 1. The topological polar surface area (TPSA) is 60.3 Å². The van der Waals surface area contributed by atoms with Gasteiger partial charge in [0.2, 0.25) is 0 Å². The number of allylic oxidation sites excluding steroid dienone is 1. The van der Waals surface area contributed by atoms with Gasteiger partial charge in [-0.15, -0.1) is 12.6 Å². The highest BCUT2D eigenvalue weighted by atomic mass is 32.2. The molecule has 31 heavy (non-hydrogen) atoms. The number of para-hydroxylation sites is 1. The molecule has 5 nitrogen and oxygen atoms in total. The van der Waals surface area contributed by atoms with Gasteiger partial charge in [-0.25, -0.2) is 0 Å². The van der Waals surface area contributed by atoms with E-state index in [1.54, 1.807) is 12.4 Å². The van der Waals surface area contributed by atoms with E-state index >= 15 is 0 Å². The van der Waals surface area contributed by atoms with Gasteiger partial charge in [-0.3, -0.25) is 20.1 Å². The molecule has 158 valence electrons. The number of hydrogen-bond donors (Lipinski definition) is 2. The van der Waals surface area contributed by atoms with Crippen LogP contribution >= 0.6 is 24.4 Å². The summed E-state index contributed by atoms with van der Waals surface area (Å²) >= 11 is 5.70. The Kier molecular flexibility index (Phi) is 7.92. The largest absolute Gasteiger partial charge is 0.346 e. The first kappa shape index (κ1) is 22.7. The number of nitrogens with one attached hydrogen (secondary N) is 1. The van der Waals surface area contributed by atoms with E-state index in [0.29, 0.717) is 11.4 Å². The van der Waals surface area contributed by atoms with E-state index in [0.717, 1.165) is 21.8 Å². The van der Waals surface area contributed by atoms with Gasteiger partial charge in [0, 0.05) is 30.0 Å². The summed E-state index contributed by atoms with van der Waals surface area (Å²) in [5.41, 5.74) is 2.75. The standard InChI is InChI=1S/C19H19N3OS2.C5H5N/c1-13(21(2)15-10-6-7-11-16(15)24)17-18(23)22(19(20)25-17)12-14-8-4-3-5-9-14;1-2-4-6-5-3-1/h3-11,20,24H,12H2,1-2H3;1-5H/b17-13+,20-19?;. The van der Waals surface area contributed by atoms with Crippen LogP contribution in [0.1, 0.15) is 12.5 Å². The maximum atomic E-state index is 12.8. The van der Waals surface area contributed by atoms with Gasteiger partial charge in [0.25, 0.3) is 5.91 Å². The van der Waals surface area contributed by atoms with Gasteiger partial charge in [0.1, 0.15) is 0 Å². The number of amidine groups is 1. The van der Waals surface area contributed by atoms with E-state index in [4.69, 9.17) is 5.41 Å². The van der Waals surface area contributed by atoms with Gasteiger partial charge in [0.05, 0.1) is 17.1 Å². The molecule has 1 fully saturated rings. The maximum absolute atomic E-state index is 12.8. The summed E-state index contributed by atoms with van der Waals surface area (Å²) in [6.07, 6.45) is 3.50. The molecular weight excluding hydrogens is 424 g/mol. The first-order valence-corrected chi connectivity index (χ1v) is 10.9. The van der Waals surface area contributed by atoms with Crippen LogP contribution in [0.4, 0.5) is 5.69 Å². The number of carbonyl (C=O) groups excluding carboxylic acids is 1. The minimum absolute atomic E-state index is 0.125. The van der Waals surface area contributed by atoms with Crippen molar-refractivity contribution in [3.8, 4) is 0 Å². The summed E-state index contributed by atoms with van der Waals surface area (Å²) < 4.78 is 0. The lowest BCUT2D eigenvalue weighted by Gasteiger charge is -2.22. The number of benzene rings is 2. The second-order valence-electron chi connectivity index (χ2n) is 6.77. The van der Waals surface area contributed by atoms with Gasteiger partial charge < -0.3 is 4.90 Å². The highest BCUT2D eigenvalue weighted by Crippen LogP contribution is 2.36. The van der Waals surface area contributed by atoms with Crippen molar-refractivity contribution >= 4 is 41.2 Å². The molecular formula is C24H24N4OS2. The van der Waals surface area contributed by atoms with Crippen molar-refractivity contribution in [2.75, 3.05) is 11.9 Å². The third-order valence-corrected chi connectivity index (χ3v) is 6.17. The predicted octanol–water partition coefficient (Wildman–Crippen LogP) is 5.43. The number of thiol groups is 1. The molecule has 1 aromatic heterocycles. The fraction of sp³-hybridized carbons (Fsp3) is 0.125. The molecule has 0 saturated carbocycles. The number of pyridine rings is 1. The van der Waals surface area contributed by atoms with Crippen LogP contribution in [0.3, 0.4) is 0 Å². The van der Waals surface area contributed by atoms with E-state index in [9.17, 15) is 4.79 Å². The number of nitrogens with zero attached hydrogens (tertiary/aromatic N) is 3. The number of rotatable bonds is 4. The summed E-state index contributed by atoms with van der Waals surface area (Å²) in [4.78, 5) is 21.5. The number of thioether (sulfide) groups is 1. The Labute approximate surface area is 192 Å². The average molecular weight is 449 g/mol. The minimum atomic E-state index is -0.125. The zero-order chi connectivity index (χ0) is 22.2. The molecule has 0 radical (unpaired) electrons. The van der Waals surface area contributed by atoms with Crippen LogP contribution in [0, 0.1) is 5.41 Å². The molecule has 0 atom stereocenters. The lowest BCUT2D eigenvalue weighted by atomic mass is 10.2. The Hall–Kier alpha value is -3.03. The molecule has 2 aromatic carbocycles. The Morgan fingerprint density at radius 2 is 1.65 bits per heavy atom. The summed E-state index contributed by atoms with van der Waals surface area (Å²) in [5.74, 6) is -0.125. The summed E-state index contributed by atoms with van der Waals surface area (Å²) in [6, 6.07) is 23.2. The van der Waals surface area contributed by atoms with E-state index in [-0.39, 0.29) is 11.1 Å². The van der Waals surface area contributed by atoms with Gasteiger partial charge in [-0.05, 0) is 48.5 Å². The Morgan fingerprint density at radius 1 is 1.03 bits per heavy atom. The second kappa shape index (κ2) is 10.8. The van der Waals surface area contributed by atoms with E-state index in [2.05, 4.69) is 17.6 Å². The molecule has 0 unspecified atom stereocenters. The second-order valence-corrected chi connectivity index (χ2v) is 8.25. The molecule has 3 aromatic rings. The van der Waals surface area contributed by atoms with Gasteiger partial charge in [-0.2, -0.15) is 0 Å². The lowest BCUT2D eigenvalue weighted by Crippen LogP contribution is -2.29. The molecule has 1 aliphatic heterocycles. The Balaban J connectivity index is 0.000000391. The van der Waals surface area contributed by atoms with Gasteiger partial charge >= 0.3 is 0 Å². The third-order valence-electron chi connectivity index (χ3n) is 4.71. The zero-order valence-electron chi connectivity index (χ0n) is 17.4. The van der Waals surface area contributed by atoms with E-state index < -0.39 is 0 Å². The smallest absolute Gasteiger partial charge is 0.268 e. The van der Waals surface area contributed by atoms with Crippen LogP contribution in [-0.2, 0) is 11.3 Å². The molecule has 0 bridgehead atoms. The van der Waals surface area contributed by atoms with Crippen LogP contribution in [0.5, 0.6) is 0 Å². The average Bonchev–Trinajstić information content (AvgIpc) is 3.09. The molecule has 1 amide bonds. The highest BCUT2D eigenvalue weighted by molar-refractivity contribution is 8.18. The molecule has 1 saturated heterocycles. The molecule has 0 aliphatic carbocycles. The number of hydrogen-bond acceptors (Lipinski definition) is 6. The monoisotopic (exact) mass is 448 g/mol. The number of carbonyl (C=O) groups is 1. The first-order chi connectivity index (χ1) is 15.0. The van der Waals surface area contributed by atoms with E-state index in [1.165, 1.54) is 16.7 Å². The van der Waals surface area contributed by atoms with Crippen molar-refractivity contribution < 1.29 is 4.79 Å². The minimum Gasteiger partial charge on any atom is -0.346 e. The molecule has 7 heteroatoms. The van der Waals surface area contributed by atoms with Gasteiger partial charge in [0.15, 0.2) is 5.17 Å². The molecule has 1 N–H and O–H groups in total. The fourth-order valence-electron chi connectivity index (χ4n) is 2.94. The lowest BCUT2D eigenvalue weighted by molar-refractivity contribution is -0.122. The summed E-state index contributed by atoms with van der Waals surface area (Å²) in [6.45, 7) is 2.31. The molecule has 0 spiro atoms.